The van der Waals surface area contributed by atoms with Gasteiger partial charge in [-0.15, -0.1) is 0 Å². The van der Waals surface area contributed by atoms with Crippen LogP contribution in [0.5, 0.6) is 5.88 Å². The number of halogens is 3. The van der Waals surface area contributed by atoms with Crippen molar-refractivity contribution >= 4 is 22.8 Å². The maximum absolute atomic E-state index is 12.5. The molecule has 6 heteroatoms. The van der Waals surface area contributed by atoms with Crippen molar-refractivity contribution in [1.82, 2.24) is 4.98 Å². The third kappa shape index (κ3) is 3.06. The lowest BCUT2D eigenvalue weighted by atomic mass is 10.1. The summed E-state index contributed by atoms with van der Waals surface area (Å²) < 4.78 is 37.6. The maximum Gasteiger partial charge on any atom is 0.416 e. The van der Waals surface area contributed by atoms with E-state index in [1.807, 2.05) is 25.1 Å². The number of H-pyrrole nitrogens is 1. The SMILES string of the molecule is Cc1ccc2[nH]c(O)c(C=Nc3ccc(C(F)(F)F)cc3)c2c1. The lowest BCUT2D eigenvalue weighted by Crippen LogP contribution is -2.03. The van der Waals surface area contributed by atoms with E-state index in [0.717, 1.165) is 28.6 Å². The molecule has 0 spiro atoms. The van der Waals surface area contributed by atoms with Crippen molar-refractivity contribution in [2.24, 2.45) is 4.99 Å². The molecule has 23 heavy (non-hydrogen) atoms. The van der Waals surface area contributed by atoms with E-state index in [0.29, 0.717) is 11.3 Å². The predicted octanol–water partition coefficient (Wildman–Crippen LogP) is 4.95. The first-order valence-electron chi connectivity index (χ1n) is 6.87. The van der Waals surface area contributed by atoms with Gasteiger partial charge in [-0.25, -0.2) is 0 Å². The summed E-state index contributed by atoms with van der Waals surface area (Å²) in [5.74, 6) is -0.0266. The topological polar surface area (TPSA) is 48.4 Å². The Bertz CT molecular complexity index is 877. The number of aromatic hydroxyl groups is 1. The van der Waals surface area contributed by atoms with Crippen LogP contribution in [0.4, 0.5) is 18.9 Å². The number of hydrogen-bond donors (Lipinski definition) is 2. The molecule has 0 amide bonds. The summed E-state index contributed by atoms with van der Waals surface area (Å²) in [5, 5.41) is 10.8. The Morgan fingerprint density at radius 1 is 1.09 bits per heavy atom. The first-order valence-corrected chi connectivity index (χ1v) is 6.87. The molecule has 0 aliphatic rings. The Morgan fingerprint density at radius 3 is 2.43 bits per heavy atom. The van der Waals surface area contributed by atoms with Gasteiger partial charge in [0.25, 0.3) is 0 Å². The van der Waals surface area contributed by atoms with E-state index >= 15 is 0 Å². The van der Waals surface area contributed by atoms with Crippen LogP contribution in [-0.4, -0.2) is 16.3 Å². The minimum absolute atomic E-state index is 0.0266. The fraction of sp³-hybridized carbons (Fsp3) is 0.118. The van der Waals surface area contributed by atoms with Gasteiger partial charge in [-0.3, -0.25) is 4.99 Å². The Morgan fingerprint density at radius 2 is 1.78 bits per heavy atom. The van der Waals surface area contributed by atoms with Gasteiger partial charge >= 0.3 is 6.18 Å². The van der Waals surface area contributed by atoms with Gasteiger partial charge in [-0.2, -0.15) is 13.2 Å². The highest BCUT2D eigenvalue weighted by Gasteiger charge is 2.29. The van der Waals surface area contributed by atoms with Crippen LogP contribution >= 0.6 is 0 Å². The standard InChI is InChI=1S/C17H13F3N2O/c1-10-2-7-15-13(8-10)14(16(23)22-15)9-21-12-5-3-11(4-6-12)17(18,19)20/h2-9,22-23H,1H3. The summed E-state index contributed by atoms with van der Waals surface area (Å²) in [6.07, 6.45) is -2.93. The number of rotatable bonds is 2. The highest BCUT2D eigenvalue weighted by atomic mass is 19.4. The molecule has 0 unspecified atom stereocenters. The van der Waals surface area contributed by atoms with E-state index in [-0.39, 0.29) is 5.88 Å². The van der Waals surface area contributed by atoms with Gasteiger partial charge in [0, 0.05) is 17.1 Å². The summed E-state index contributed by atoms with van der Waals surface area (Å²) in [6.45, 7) is 1.93. The van der Waals surface area contributed by atoms with Crippen LogP contribution in [-0.2, 0) is 6.18 Å². The lowest BCUT2D eigenvalue weighted by Gasteiger charge is -2.05. The number of aryl methyl sites for hydroxylation is 1. The van der Waals surface area contributed by atoms with Gasteiger partial charge in [0.1, 0.15) is 0 Å². The largest absolute Gasteiger partial charge is 0.494 e. The zero-order valence-electron chi connectivity index (χ0n) is 12.1. The number of nitrogens with zero attached hydrogens (tertiary/aromatic N) is 1. The third-order valence-corrected chi connectivity index (χ3v) is 3.51. The molecule has 0 aliphatic carbocycles. The Hall–Kier alpha value is -2.76. The minimum atomic E-state index is -4.37. The van der Waals surface area contributed by atoms with Gasteiger partial charge in [0.05, 0.1) is 16.8 Å². The predicted molar refractivity (Wildman–Crippen MR) is 83.4 cm³/mol. The smallest absolute Gasteiger partial charge is 0.416 e. The molecular weight excluding hydrogens is 305 g/mol. The first kappa shape index (κ1) is 15.1. The number of aromatic nitrogens is 1. The highest BCUT2D eigenvalue weighted by Crippen LogP contribution is 2.31. The number of fused-ring (bicyclic) bond motifs is 1. The van der Waals surface area contributed by atoms with Crippen LogP contribution in [0.1, 0.15) is 16.7 Å². The fourth-order valence-corrected chi connectivity index (χ4v) is 2.32. The zero-order chi connectivity index (χ0) is 16.6. The fourth-order valence-electron chi connectivity index (χ4n) is 2.32. The molecule has 1 aromatic heterocycles. The average molecular weight is 318 g/mol. The number of aromatic amines is 1. The van der Waals surface area contributed by atoms with E-state index in [1.165, 1.54) is 18.3 Å². The van der Waals surface area contributed by atoms with Gasteiger partial charge in [-0.05, 0) is 43.3 Å². The molecule has 3 aromatic rings. The zero-order valence-corrected chi connectivity index (χ0v) is 12.1. The van der Waals surface area contributed by atoms with E-state index < -0.39 is 11.7 Å². The summed E-state index contributed by atoms with van der Waals surface area (Å²) in [4.78, 5) is 6.98. The van der Waals surface area contributed by atoms with Gasteiger partial charge < -0.3 is 10.1 Å². The number of hydrogen-bond acceptors (Lipinski definition) is 2. The molecule has 0 bridgehead atoms. The molecule has 0 fully saturated rings. The van der Waals surface area contributed by atoms with Crippen molar-refractivity contribution in [3.8, 4) is 5.88 Å². The second-order valence-electron chi connectivity index (χ2n) is 5.24. The summed E-state index contributed by atoms with van der Waals surface area (Å²) in [5.41, 5.74) is 1.95. The summed E-state index contributed by atoms with van der Waals surface area (Å²) in [6, 6.07) is 10.2. The summed E-state index contributed by atoms with van der Waals surface area (Å²) in [7, 11) is 0. The van der Waals surface area contributed by atoms with Crippen LogP contribution in [0.15, 0.2) is 47.5 Å². The lowest BCUT2D eigenvalue weighted by molar-refractivity contribution is -0.137. The number of aliphatic imine (C=N–C) groups is 1. The molecule has 3 rings (SSSR count). The maximum atomic E-state index is 12.5. The van der Waals surface area contributed by atoms with Crippen LogP contribution < -0.4 is 0 Å². The minimum Gasteiger partial charge on any atom is -0.494 e. The van der Waals surface area contributed by atoms with E-state index in [2.05, 4.69) is 9.98 Å². The molecule has 0 aliphatic heterocycles. The van der Waals surface area contributed by atoms with Crippen LogP contribution in [0.2, 0.25) is 0 Å². The van der Waals surface area contributed by atoms with Crippen LogP contribution in [0, 0.1) is 6.92 Å². The first-order chi connectivity index (χ1) is 10.8. The van der Waals surface area contributed by atoms with Gasteiger partial charge in [0.2, 0.25) is 0 Å². The third-order valence-electron chi connectivity index (χ3n) is 3.51. The van der Waals surface area contributed by atoms with Crippen LogP contribution in [0.25, 0.3) is 10.9 Å². The molecule has 118 valence electrons. The van der Waals surface area contributed by atoms with Crippen molar-refractivity contribution in [1.29, 1.82) is 0 Å². The average Bonchev–Trinajstić information content (AvgIpc) is 2.79. The normalized spacial score (nSPS) is 12.3. The molecule has 1 heterocycles. The van der Waals surface area contributed by atoms with E-state index in [4.69, 9.17) is 0 Å². The second-order valence-corrected chi connectivity index (χ2v) is 5.24. The van der Waals surface area contributed by atoms with Gasteiger partial charge in [0.15, 0.2) is 5.88 Å². The molecule has 3 nitrogen and oxygen atoms in total. The summed E-state index contributed by atoms with van der Waals surface area (Å²) >= 11 is 0. The molecule has 2 aromatic carbocycles. The van der Waals surface area contributed by atoms with E-state index in [1.54, 1.807) is 0 Å². The molecule has 2 N–H and O–H groups in total. The number of benzene rings is 2. The van der Waals surface area contributed by atoms with Crippen molar-refractivity contribution in [2.75, 3.05) is 0 Å². The van der Waals surface area contributed by atoms with Crippen molar-refractivity contribution in [3.63, 3.8) is 0 Å². The number of nitrogens with one attached hydrogen (secondary N) is 1. The molecule has 0 saturated carbocycles. The Kier molecular flexibility index (Phi) is 3.60. The van der Waals surface area contributed by atoms with Crippen molar-refractivity contribution < 1.29 is 18.3 Å². The molecular formula is C17H13F3N2O. The highest BCUT2D eigenvalue weighted by molar-refractivity contribution is 6.02. The number of alkyl halides is 3. The monoisotopic (exact) mass is 318 g/mol. The van der Waals surface area contributed by atoms with Gasteiger partial charge in [-0.1, -0.05) is 11.6 Å². The molecule has 0 atom stereocenters. The molecule has 0 radical (unpaired) electrons. The van der Waals surface area contributed by atoms with Crippen molar-refractivity contribution in [2.45, 2.75) is 13.1 Å². The Balaban J connectivity index is 1.94. The van der Waals surface area contributed by atoms with Crippen molar-refractivity contribution in [3.05, 3.63) is 59.2 Å². The molecule has 0 saturated heterocycles. The van der Waals surface area contributed by atoms with Crippen LogP contribution in [0.3, 0.4) is 0 Å². The second kappa shape index (κ2) is 5.46. The Labute approximate surface area is 130 Å². The quantitative estimate of drug-likeness (QED) is 0.645. The van der Waals surface area contributed by atoms with E-state index in [9.17, 15) is 18.3 Å².